The lowest BCUT2D eigenvalue weighted by molar-refractivity contribution is -0.123. The first-order valence-corrected chi connectivity index (χ1v) is 6.38. The number of ether oxygens (including phenoxy) is 2. The van der Waals surface area contributed by atoms with E-state index < -0.39 is 0 Å². The molecule has 2 rings (SSSR count). The lowest BCUT2D eigenvalue weighted by Crippen LogP contribution is -2.35. The third-order valence-corrected chi connectivity index (χ3v) is 2.95. The number of hydrogen-bond acceptors (Lipinski definition) is 3. The van der Waals surface area contributed by atoms with Crippen molar-refractivity contribution in [3.05, 3.63) is 29.3 Å². The van der Waals surface area contributed by atoms with Crippen molar-refractivity contribution in [2.75, 3.05) is 19.8 Å². The molecule has 1 heterocycles. The third-order valence-electron chi connectivity index (χ3n) is 2.72. The van der Waals surface area contributed by atoms with E-state index in [4.69, 9.17) is 21.1 Å². The quantitative estimate of drug-likeness (QED) is 0.890. The van der Waals surface area contributed by atoms with E-state index in [9.17, 15) is 4.79 Å². The number of hydrogen-bond donors (Lipinski definition) is 1. The Morgan fingerprint density at radius 2 is 2.44 bits per heavy atom. The number of halogens is 1. The van der Waals surface area contributed by atoms with Crippen molar-refractivity contribution in [1.82, 2.24) is 5.32 Å². The molecular formula is C13H16ClNO3. The minimum absolute atomic E-state index is 0.00688. The van der Waals surface area contributed by atoms with Gasteiger partial charge in [0.15, 0.2) is 6.61 Å². The number of rotatable bonds is 5. The third kappa shape index (κ3) is 4.20. The first-order valence-electron chi connectivity index (χ1n) is 6.01. The SMILES string of the molecule is O=C(COc1cccc(Cl)c1)NCC1CCCO1. The molecule has 1 aromatic rings. The summed E-state index contributed by atoms with van der Waals surface area (Å²) in [6.45, 7) is 1.34. The molecule has 0 radical (unpaired) electrons. The molecule has 4 nitrogen and oxygen atoms in total. The highest BCUT2D eigenvalue weighted by molar-refractivity contribution is 6.30. The summed E-state index contributed by atoms with van der Waals surface area (Å²) in [5.41, 5.74) is 0. The van der Waals surface area contributed by atoms with E-state index in [0.717, 1.165) is 19.4 Å². The van der Waals surface area contributed by atoms with Gasteiger partial charge in [-0.15, -0.1) is 0 Å². The maximum Gasteiger partial charge on any atom is 0.258 e. The summed E-state index contributed by atoms with van der Waals surface area (Å²) in [6.07, 6.45) is 2.23. The zero-order chi connectivity index (χ0) is 12.8. The zero-order valence-corrected chi connectivity index (χ0v) is 10.8. The molecular weight excluding hydrogens is 254 g/mol. The molecule has 1 unspecified atom stereocenters. The second-order valence-corrected chi connectivity index (χ2v) is 4.62. The smallest absolute Gasteiger partial charge is 0.258 e. The first kappa shape index (κ1) is 13.2. The van der Waals surface area contributed by atoms with Gasteiger partial charge in [-0.05, 0) is 31.0 Å². The van der Waals surface area contributed by atoms with Crippen LogP contribution in [0.1, 0.15) is 12.8 Å². The van der Waals surface area contributed by atoms with Crippen LogP contribution in [-0.2, 0) is 9.53 Å². The average Bonchev–Trinajstić information content (AvgIpc) is 2.87. The molecule has 1 atom stereocenters. The first-order chi connectivity index (χ1) is 8.74. The Kier molecular flexibility index (Phi) is 4.84. The van der Waals surface area contributed by atoms with E-state index in [2.05, 4.69) is 5.32 Å². The zero-order valence-electron chi connectivity index (χ0n) is 10.0. The Morgan fingerprint density at radius 1 is 1.56 bits per heavy atom. The van der Waals surface area contributed by atoms with Crippen LogP contribution in [0.25, 0.3) is 0 Å². The van der Waals surface area contributed by atoms with Gasteiger partial charge in [0, 0.05) is 18.2 Å². The van der Waals surface area contributed by atoms with Gasteiger partial charge in [0.05, 0.1) is 6.10 Å². The fraction of sp³-hybridized carbons (Fsp3) is 0.462. The fourth-order valence-corrected chi connectivity index (χ4v) is 1.97. The summed E-state index contributed by atoms with van der Waals surface area (Å²) in [5.74, 6) is 0.445. The topological polar surface area (TPSA) is 47.6 Å². The van der Waals surface area contributed by atoms with Gasteiger partial charge in [0.1, 0.15) is 5.75 Å². The number of benzene rings is 1. The van der Waals surface area contributed by atoms with Gasteiger partial charge in [-0.3, -0.25) is 4.79 Å². The average molecular weight is 270 g/mol. The molecule has 0 aliphatic carbocycles. The van der Waals surface area contributed by atoms with E-state index in [0.29, 0.717) is 17.3 Å². The molecule has 5 heteroatoms. The number of carbonyl (C=O) groups is 1. The van der Waals surface area contributed by atoms with Crippen LogP contribution in [0.3, 0.4) is 0 Å². The molecule has 0 saturated carbocycles. The molecule has 1 amide bonds. The lowest BCUT2D eigenvalue weighted by atomic mass is 10.2. The molecule has 1 saturated heterocycles. The van der Waals surface area contributed by atoms with Crippen molar-refractivity contribution in [1.29, 1.82) is 0 Å². The van der Waals surface area contributed by atoms with Crippen LogP contribution < -0.4 is 10.1 Å². The molecule has 98 valence electrons. The Balaban J connectivity index is 1.68. The van der Waals surface area contributed by atoms with Gasteiger partial charge in [0.2, 0.25) is 0 Å². The standard InChI is InChI=1S/C13H16ClNO3/c14-10-3-1-4-11(7-10)18-9-13(16)15-8-12-5-2-6-17-12/h1,3-4,7,12H,2,5-6,8-9H2,(H,15,16). The highest BCUT2D eigenvalue weighted by atomic mass is 35.5. The van der Waals surface area contributed by atoms with Crippen LogP contribution in [0.2, 0.25) is 5.02 Å². The van der Waals surface area contributed by atoms with Gasteiger partial charge in [-0.1, -0.05) is 17.7 Å². The molecule has 0 aromatic heterocycles. The molecule has 1 N–H and O–H groups in total. The predicted molar refractivity (Wildman–Crippen MR) is 68.9 cm³/mol. The van der Waals surface area contributed by atoms with Crippen molar-refractivity contribution >= 4 is 17.5 Å². The summed E-state index contributed by atoms with van der Waals surface area (Å²) in [4.78, 5) is 11.5. The Labute approximate surface area is 111 Å². The fourth-order valence-electron chi connectivity index (χ4n) is 1.79. The second-order valence-electron chi connectivity index (χ2n) is 4.19. The number of amides is 1. The summed E-state index contributed by atoms with van der Waals surface area (Å²) >= 11 is 5.81. The minimum atomic E-state index is -0.148. The Morgan fingerprint density at radius 3 is 3.17 bits per heavy atom. The number of carbonyl (C=O) groups excluding carboxylic acids is 1. The molecule has 1 aliphatic heterocycles. The molecule has 1 fully saturated rings. The maximum absolute atomic E-state index is 11.5. The lowest BCUT2D eigenvalue weighted by Gasteiger charge is -2.11. The van der Waals surface area contributed by atoms with E-state index in [-0.39, 0.29) is 18.6 Å². The highest BCUT2D eigenvalue weighted by Crippen LogP contribution is 2.16. The van der Waals surface area contributed by atoms with E-state index >= 15 is 0 Å². The van der Waals surface area contributed by atoms with Crippen LogP contribution in [0, 0.1) is 0 Å². The van der Waals surface area contributed by atoms with Crippen LogP contribution in [0.4, 0.5) is 0 Å². The molecule has 1 aliphatic rings. The van der Waals surface area contributed by atoms with Gasteiger partial charge in [-0.2, -0.15) is 0 Å². The highest BCUT2D eigenvalue weighted by Gasteiger charge is 2.16. The summed E-state index contributed by atoms with van der Waals surface area (Å²) in [5, 5.41) is 3.38. The largest absolute Gasteiger partial charge is 0.484 e. The molecule has 1 aromatic carbocycles. The number of nitrogens with one attached hydrogen (secondary N) is 1. The molecule has 0 spiro atoms. The molecule has 18 heavy (non-hydrogen) atoms. The van der Waals surface area contributed by atoms with E-state index in [1.807, 2.05) is 0 Å². The van der Waals surface area contributed by atoms with Crippen LogP contribution in [-0.4, -0.2) is 31.8 Å². The van der Waals surface area contributed by atoms with Crippen molar-refractivity contribution < 1.29 is 14.3 Å². The van der Waals surface area contributed by atoms with E-state index in [1.54, 1.807) is 24.3 Å². The Hall–Kier alpha value is -1.26. The monoisotopic (exact) mass is 269 g/mol. The summed E-state index contributed by atoms with van der Waals surface area (Å²) in [6, 6.07) is 6.97. The predicted octanol–water partition coefficient (Wildman–Crippen LogP) is 2.01. The van der Waals surface area contributed by atoms with Crippen molar-refractivity contribution in [3.63, 3.8) is 0 Å². The second kappa shape index (κ2) is 6.61. The van der Waals surface area contributed by atoms with Crippen molar-refractivity contribution in [3.8, 4) is 5.75 Å². The van der Waals surface area contributed by atoms with Crippen LogP contribution in [0.5, 0.6) is 5.75 Å². The van der Waals surface area contributed by atoms with Crippen LogP contribution in [0.15, 0.2) is 24.3 Å². The normalized spacial score (nSPS) is 18.6. The molecule has 0 bridgehead atoms. The van der Waals surface area contributed by atoms with Crippen molar-refractivity contribution in [2.24, 2.45) is 0 Å². The van der Waals surface area contributed by atoms with Gasteiger partial charge in [0.25, 0.3) is 5.91 Å². The Bertz CT molecular complexity index is 405. The van der Waals surface area contributed by atoms with Crippen molar-refractivity contribution in [2.45, 2.75) is 18.9 Å². The summed E-state index contributed by atoms with van der Waals surface area (Å²) in [7, 11) is 0. The summed E-state index contributed by atoms with van der Waals surface area (Å²) < 4.78 is 10.7. The van der Waals surface area contributed by atoms with Gasteiger partial charge < -0.3 is 14.8 Å². The van der Waals surface area contributed by atoms with E-state index in [1.165, 1.54) is 0 Å². The van der Waals surface area contributed by atoms with Gasteiger partial charge >= 0.3 is 0 Å². The minimum Gasteiger partial charge on any atom is -0.484 e. The maximum atomic E-state index is 11.5. The van der Waals surface area contributed by atoms with Crippen LogP contribution >= 0.6 is 11.6 Å². The van der Waals surface area contributed by atoms with Gasteiger partial charge in [-0.25, -0.2) is 0 Å².